The van der Waals surface area contributed by atoms with Gasteiger partial charge in [-0.15, -0.1) is 0 Å². The molecule has 2 aliphatic rings. The number of allylic oxidation sites excluding steroid dienone is 1. The van der Waals surface area contributed by atoms with Crippen LogP contribution >= 0.6 is 15.9 Å². The average molecular weight is 433 g/mol. The first kappa shape index (κ1) is 18.0. The number of nitrogens with one attached hydrogen (secondary N) is 1. The number of benzene rings is 1. The fourth-order valence-corrected chi connectivity index (χ4v) is 4.01. The van der Waals surface area contributed by atoms with E-state index in [1.54, 1.807) is 16.8 Å². The number of hydrogen-bond donors (Lipinski definition) is 2. The van der Waals surface area contributed by atoms with Crippen LogP contribution in [-0.2, 0) is 9.53 Å². The Hall–Kier alpha value is -2.35. The maximum absolute atomic E-state index is 13.1. The van der Waals surface area contributed by atoms with Gasteiger partial charge in [0.25, 0.3) is 0 Å². The lowest BCUT2D eigenvalue weighted by atomic mass is 9.94. The summed E-state index contributed by atoms with van der Waals surface area (Å²) in [6.45, 7) is 1.83. The molecule has 0 spiro atoms. The van der Waals surface area contributed by atoms with Crippen LogP contribution < -0.4 is 5.32 Å². The highest BCUT2D eigenvalue weighted by atomic mass is 79.9. The number of nitrogens with zero attached hydrogens (tertiary/aromatic N) is 3. The van der Waals surface area contributed by atoms with Gasteiger partial charge in [0.2, 0.25) is 5.95 Å². The molecule has 2 aromatic rings. The monoisotopic (exact) mass is 432 g/mol. The Balaban J connectivity index is 1.72. The van der Waals surface area contributed by atoms with Gasteiger partial charge in [-0.2, -0.15) is 10.1 Å². The lowest BCUT2D eigenvalue weighted by Gasteiger charge is -2.30. The third kappa shape index (κ3) is 3.45. The third-order valence-corrected chi connectivity index (χ3v) is 5.80. The van der Waals surface area contributed by atoms with Gasteiger partial charge in [0, 0.05) is 5.70 Å². The Morgan fingerprint density at radius 2 is 2.11 bits per heavy atom. The molecule has 0 bridgehead atoms. The first-order chi connectivity index (χ1) is 13.0. The molecule has 1 aliphatic carbocycles. The van der Waals surface area contributed by atoms with Gasteiger partial charge >= 0.3 is 5.97 Å². The van der Waals surface area contributed by atoms with Gasteiger partial charge in [0.1, 0.15) is 24.2 Å². The summed E-state index contributed by atoms with van der Waals surface area (Å²) in [6, 6.07) is 4.72. The van der Waals surface area contributed by atoms with Gasteiger partial charge in [-0.3, -0.25) is 0 Å². The van der Waals surface area contributed by atoms with Gasteiger partial charge in [0.15, 0.2) is 0 Å². The van der Waals surface area contributed by atoms with Crippen LogP contribution in [0.5, 0.6) is 5.75 Å². The third-order valence-electron chi connectivity index (χ3n) is 5.13. The topological polar surface area (TPSA) is 89.3 Å². The van der Waals surface area contributed by atoms with Crippen LogP contribution in [0.2, 0.25) is 0 Å². The Morgan fingerprint density at radius 3 is 2.85 bits per heavy atom. The number of hydrogen-bond acceptors (Lipinski definition) is 6. The maximum atomic E-state index is 13.1. The predicted octanol–water partition coefficient (Wildman–Crippen LogP) is 3.91. The highest BCUT2D eigenvalue weighted by Crippen LogP contribution is 2.38. The van der Waals surface area contributed by atoms with Crippen LogP contribution in [0.1, 0.15) is 50.6 Å². The predicted molar refractivity (Wildman–Crippen MR) is 103 cm³/mol. The van der Waals surface area contributed by atoms with Crippen LogP contribution in [0.25, 0.3) is 0 Å². The van der Waals surface area contributed by atoms with Crippen molar-refractivity contribution < 1.29 is 14.6 Å². The zero-order valence-electron chi connectivity index (χ0n) is 15.0. The van der Waals surface area contributed by atoms with Gasteiger partial charge in [-0.1, -0.05) is 12.5 Å². The molecule has 2 heterocycles. The van der Waals surface area contributed by atoms with E-state index in [4.69, 9.17) is 4.74 Å². The largest absolute Gasteiger partial charge is 0.507 e. The molecule has 7 nitrogen and oxygen atoms in total. The lowest BCUT2D eigenvalue weighted by Crippen LogP contribution is -2.32. The highest BCUT2D eigenvalue weighted by Gasteiger charge is 2.35. The normalized spacial score (nSPS) is 20.1. The first-order valence-corrected chi connectivity index (χ1v) is 9.90. The number of phenolic OH excluding ortho intramolecular Hbond substituents is 1. The number of carbonyl (C=O) groups excluding carboxylic acids is 1. The van der Waals surface area contributed by atoms with Crippen LogP contribution in [0.3, 0.4) is 0 Å². The molecule has 1 fully saturated rings. The number of carbonyl (C=O) groups is 1. The Bertz CT molecular complexity index is 902. The quantitative estimate of drug-likeness (QED) is 0.714. The van der Waals surface area contributed by atoms with Gasteiger partial charge in [-0.25, -0.2) is 9.48 Å². The van der Waals surface area contributed by atoms with Crippen LogP contribution in [0.4, 0.5) is 5.95 Å². The first-order valence-electron chi connectivity index (χ1n) is 9.11. The molecule has 1 aromatic heterocycles. The van der Waals surface area contributed by atoms with E-state index >= 15 is 0 Å². The van der Waals surface area contributed by atoms with E-state index in [1.165, 1.54) is 12.7 Å². The zero-order valence-corrected chi connectivity index (χ0v) is 16.6. The summed E-state index contributed by atoms with van der Waals surface area (Å²) in [5, 5.41) is 17.6. The maximum Gasteiger partial charge on any atom is 0.338 e. The molecule has 1 saturated carbocycles. The van der Waals surface area contributed by atoms with E-state index in [0.29, 0.717) is 21.7 Å². The molecule has 2 N–H and O–H groups in total. The molecule has 0 amide bonds. The van der Waals surface area contributed by atoms with E-state index in [1.807, 2.05) is 13.0 Å². The highest BCUT2D eigenvalue weighted by molar-refractivity contribution is 9.10. The molecule has 4 rings (SSSR count). The fraction of sp³-hybridized carbons (Fsp3) is 0.421. The number of aromatic hydroxyl groups is 1. The summed E-state index contributed by atoms with van der Waals surface area (Å²) in [4.78, 5) is 17.3. The average Bonchev–Trinajstić information content (AvgIpc) is 3.11. The second kappa shape index (κ2) is 7.34. The molecule has 1 atom stereocenters. The molecular weight excluding hydrogens is 412 g/mol. The zero-order chi connectivity index (χ0) is 19.0. The SMILES string of the molecule is CC1=C(C(=O)OC2CCCCC2)C(c2ccc(Br)c(O)c2)n2ncnc2N1. The Kier molecular flexibility index (Phi) is 4.90. The second-order valence-electron chi connectivity index (χ2n) is 6.97. The van der Waals surface area contributed by atoms with E-state index < -0.39 is 6.04 Å². The molecule has 142 valence electrons. The number of aromatic nitrogens is 3. The van der Waals surface area contributed by atoms with Crippen molar-refractivity contribution >= 4 is 27.8 Å². The summed E-state index contributed by atoms with van der Waals surface area (Å²) in [5.41, 5.74) is 1.91. The summed E-state index contributed by atoms with van der Waals surface area (Å²) in [7, 11) is 0. The van der Waals surface area contributed by atoms with Gasteiger partial charge in [0.05, 0.1) is 10.0 Å². The van der Waals surface area contributed by atoms with Crippen molar-refractivity contribution in [3.8, 4) is 5.75 Å². The van der Waals surface area contributed by atoms with Crippen molar-refractivity contribution in [1.29, 1.82) is 0 Å². The van der Waals surface area contributed by atoms with Crippen molar-refractivity contribution in [2.45, 2.75) is 51.2 Å². The minimum Gasteiger partial charge on any atom is -0.507 e. The molecule has 0 radical (unpaired) electrons. The van der Waals surface area contributed by atoms with Crippen molar-refractivity contribution in [1.82, 2.24) is 14.8 Å². The number of fused-ring (bicyclic) bond motifs is 1. The Morgan fingerprint density at radius 1 is 1.33 bits per heavy atom. The number of anilines is 1. The lowest BCUT2D eigenvalue weighted by molar-refractivity contribution is -0.146. The molecule has 1 aliphatic heterocycles. The summed E-state index contributed by atoms with van der Waals surface area (Å²) >= 11 is 3.30. The van der Waals surface area contributed by atoms with Crippen molar-refractivity contribution in [3.05, 3.63) is 45.8 Å². The van der Waals surface area contributed by atoms with Gasteiger partial charge < -0.3 is 15.2 Å². The van der Waals surface area contributed by atoms with E-state index in [2.05, 4.69) is 31.3 Å². The number of phenols is 1. The standard InChI is InChI=1S/C19H21BrN4O3/c1-11-16(18(26)27-13-5-3-2-4-6-13)17(24-19(23-11)21-10-22-24)12-7-8-14(20)15(25)9-12/h7-10,13,17,25H,2-6H2,1H3,(H,21,22,23). The summed E-state index contributed by atoms with van der Waals surface area (Å²) < 4.78 is 8.06. The molecule has 1 aromatic carbocycles. The van der Waals surface area contributed by atoms with E-state index in [-0.39, 0.29) is 17.8 Å². The van der Waals surface area contributed by atoms with Crippen molar-refractivity contribution in [2.75, 3.05) is 5.32 Å². The molecule has 1 unspecified atom stereocenters. The van der Waals surface area contributed by atoms with E-state index in [0.717, 1.165) is 31.2 Å². The number of halogens is 1. The minimum atomic E-state index is -0.515. The summed E-state index contributed by atoms with van der Waals surface area (Å²) in [5.74, 6) is 0.305. The smallest absolute Gasteiger partial charge is 0.338 e. The van der Waals surface area contributed by atoms with E-state index in [9.17, 15) is 9.90 Å². The van der Waals surface area contributed by atoms with Crippen molar-refractivity contribution in [3.63, 3.8) is 0 Å². The molecule has 0 saturated heterocycles. The minimum absolute atomic E-state index is 0.0392. The number of rotatable bonds is 3. The summed E-state index contributed by atoms with van der Waals surface area (Å²) in [6.07, 6.45) is 6.59. The molecule has 27 heavy (non-hydrogen) atoms. The number of esters is 1. The fourth-order valence-electron chi connectivity index (χ4n) is 3.76. The Labute approximate surface area is 165 Å². The number of ether oxygens (including phenoxy) is 1. The van der Waals surface area contributed by atoms with Gasteiger partial charge in [-0.05, 0) is 66.2 Å². The van der Waals surface area contributed by atoms with Crippen LogP contribution in [-0.4, -0.2) is 31.9 Å². The van der Waals surface area contributed by atoms with Crippen LogP contribution in [0, 0.1) is 0 Å². The second-order valence-corrected chi connectivity index (χ2v) is 7.82. The van der Waals surface area contributed by atoms with Crippen molar-refractivity contribution in [2.24, 2.45) is 0 Å². The molecular formula is C19H21BrN4O3. The van der Waals surface area contributed by atoms with Crippen LogP contribution in [0.15, 0.2) is 40.3 Å². The molecule has 8 heteroatoms.